The zero-order chi connectivity index (χ0) is 14.8. The molecule has 0 aromatic heterocycles. The summed E-state index contributed by atoms with van der Waals surface area (Å²) in [7, 11) is 5.58. The Labute approximate surface area is 120 Å². The number of aliphatic hydroxyl groups is 1. The number of rotatable bonds is 4. The maximum atomic E-state index is 11.8. The molecule has 1 aromatic rings. The number of Topliss-reactive ketones (excluding diaryl/α,β-unsaturated/α-hetero) is 1. The second-order valence-corrected chi connectivity index (χ2v) is 5.87. The predicted octanol–water partition coefficient (Wildman–Crippen LogP) is 1.81. The van der Waals surface area contributed by atoms with E-state index in [1.165, 1.54) is 0 Å². The van der Waals surface area contributed by atoms with Crippen molar-refractivity contribution in [3.8, 4) is 5.75 Å². The smallest absolute Gasteiger partial charge is 0.136 e. The van der Waals surface area contributed by atoms with Crippen molar-refractivity contribution >= 4 is 5.78 Å². The minimum Gasteiger partial charge on any atom is -0.497 e. The highest BCUT2D eigenvalue weighted by atomic mass is 16.5. The van der Waals surface area contributed by atoms with Gasteiger partial charge >= 0.3 is 0 Å². The lowest BCUT2D eigenvalue weighted by Crippen LogP contribution is -2.45. The van der Waals surface area contributed by atoms with Crippen molar-refractivity contribution < 1.29 is 14.6 Å². The highest BCUT2D eigenvalue weighted by molar-refractivity contribution is 5.80. The predicted molar refractivity (Wildman–Crippen MR) is 77.8 cm³/mol. The van der Waals surface area contributed by atoms with Gasteiger partial charge in [0.25, 0.3) is 0 Å². The number of hydrogen-bond acceptors (Lipinski definition) is 4. The van der Waals surface area contributed by atoms with E-state index in [9.17, 15) is 9.90 Å². The third kappa shape index (κ3) is 3.02. The largest absolute Gasteiger partial charge is 0.497 e. The molecule has 2 atom stereocenters. The van der Waals surface area contributed by atoms with Crippen LogP contribution < -0.4 is 4.74 Å². The van der Waals surface area contributed by atoms with Gasteiger partial charge in [0, 0.05) is 25.3 Å². The van der Waals surface area contributed by atoms with Gasteiger partial charge in [-0.05, 0) is 38.2 Å². The average molecular weight is 277 g/mol. The fourth-order valence-corrected chi connectivity index (χ4v) is 3.02. The minimum absolute atomic E-state index is 0.0577. The van der Waals surface area contributed by atoms with E-state index >= 15 is 0 Å². The quantitative estimate of drug-likeness (QED) is 0.912. The van der Waals surface area contributed by atoms with E-state index in [2.05, 4.69) is 4.90 Å². The molecule has 0 amide bonds. The third-order valence-electron chi connectivity index (χ3n) is 4.07. The topological polar surface area (TPSA) is 49.8 Å². The van der Waals surface area contributed by atoms with Crippen molar-refractivity contribution in [3.63, 3.8) is 0 Å². The van der Waals surface area contributed by atoms with E-state index in [1.807, 2.05) is 38.4 Å². The van der Waals surface area contributed by atoms with Crippen LogP contribution in [0.4, 0.5) is 0 Å². The number of ether oxygens (including phenoxy) is 1. The Morgan fingerprint density at radius 2 is 2.20 bits per heavy atom. The Kier molecular flexibility index (Phi) is 4.45. The van der Waals surface area contributed by atoms with Crippen LogP contribution in [0.2, 0.25) is 0 Å². The molecule has 0 spiro atoms. The average Bonchev–Trinajstić information content (AvgIpc) is 2.42. The van der Waals surface area contributed by atoms with Gasteiger partial charge in [-0.25, -0.2) is 0 Å². The number of carbonyl (C=O) groups excluding carboxylic acids is 1. The fraction of sp³-hybridized carbons (Fsp3) is 0.562. The van der Waals surface area contributed by atoms with Crippen LogP contribution in [0.3, 0.4) is 0 Å². The van der Waals surface area contributed by atoms with Crippen LogP contribution in [0.1, 0.15) is 24.8 Å². The summed E-state index contributed by atoms with van der Waals surface area (Å²) in [6.45, 7) is 0.765. The van der Waals surface area contributed by atoms with E-state index in [0.717, 1.165) is 18.5 Å². The van der Waals surface area contributed by atoms with Crippen LogP contribution in [0.25, 0.3) is 0 Å². The molecule has 0 bridgehead atoms. The monoisotopic (exact) mass is 277 g/mol. The van der Waals surface area contributed by atoms with Crippen LogP contribution in [0.15, 0.2) is 24.3 Å². The Morgan fingerprint density at radius 3 is 2.85 bits per heavy atom. The molecule has 0 saturated heterocycles. The van der Waals surface area contributed by atoms with Gasteiger partial charge in [0.15, 0.2) is 0 Å². The van der Waals surface area contributed by atoms with Gasteiger partial charge < -0.3 is 14.7 Å². The van der Waals surface area contributed by atoms with Crippen LogP contribution in [-0.2, 0) is 10.4 Å². The standard InChI is InChI=1S/C16H23NO3/c1-17(2)11-13-7-8-14(18)10-16(13,19)12-5-4-6-15(9-12)20-3/h4-6,9,13,19H,7-8,10-11H2,1-3H3/t13-,16+/m0/s1. The molecule has 1 N–H and O–H groups in total. The maximum Gasteiger partial charge on any atom is 0.136 e. The van der Waals surface area contributed by atoms with E-state index in [0.29, 0.717) is 12.2 Å². The number of benzene rings is 1. The second-order valence-electron chi connectivity index (χ2n) is 5.87. The molecule has 4 heteroatoms. The molecule has 0 unspecified atom stereocenters. The molecule has 0 heterocycles. The lowest BCUT2D eigenvalue weighted by atomic mass is 9.71. The minimum atomic E-state index is -1.09. The van der Waals surface area contributed by atoms with Gasteiger partial charge in [0.05, 0.1) is 7.11 Å². The molecular formula is C16H23NO3. The summed E-state index contributed by atoms with van der Waals surface area (Å²) in [4.78, 5) is 13.9. The normalized spacial score (nSPS) is 26.9. The first-order valence-electron chi connectivity index (χ1n) is 6.99. The molecule has 2 rings (SSSR count). The van der Waals surface area contributed by atoms with E-state index in [-0.39, 0.29) is 18.1 Å². The van der Waals surface area contributed by atoms with E-state index in [4.69, 9.17) is 4.74 Å². The molecule has 1 aliphatic carbocycles. The number of nitrogens with zero attached hydrogens (tertiary/aromatic N) is 1. The van der Waals surface area contributed by atoms with Crippen LogP contribution in [-0.4, -0.2) is 43.5 Å². The van der Waals surface area contributed by atoms with Crippen LogP contribution in [0, 0.1) is 5.92 Å². The van der Waals surface area contributed by atoms with Gasteiger partial charge in [-0.1, -0.05) is 12.1 Å². The molecule has 1 aromatic carbocycles. The molecule has 1 saturated carbocycles. The van der Waals surface area contributed by atoms with Crippen molar-refractivity contribution in [2.24, 2.45) is 5.92 Å². The van der Waals surface area contributed by atoms with E-state index in [1.54, 1.807) is 7.11 Å². The van der Waals surface area contributed by atoms with Gasteiger partial charge in [0.2, 0.25) is 0 Å². The summed E-state index contributed by atoms with van der Waals surface area (Å²) >= 11 is 0. The third-order valence-corrected chi connectivity index (χ3v) is 4.07. The Bertz CT molecular complexity index is 486. The second kappa shape index (κ2) is 5.94. The molecule has 20 heavy (non-hydrogen) atoms. The number of hydrogen-bond donors (Lipinski definition) is 1. The molecule has 0 radical (unpaired) electrons. The summed E-state index contributed by atoms with van der Waals surface area (Å²) in [5.74, 6) is 0.894. The van der Waals surface area contributed by atoms with Crippen molar-refractivity contribution in [2.75, 3.05) is 27.7 Å². The van der Waals surface area contributed by atoms with Crippen molar-refractivity contribution in [1.29, 1.82) is 0 Å². The molecule has 1 fully saturated rings. The molecule has 110 valence electrons. The number of ketones is 1. The SMILES string of the molecule is COc1cccc([C@]2(O)CC(=O)CC[C@H]2CN(C)C)c1. The van der Waals surface area contributed by atoms with Gasteiger partial charge in [-0.15, -0.1) is 0 Å². The molecule has 4 nitrogen and oxygen atoms in total. The lowest BCUT2D eigenvalue weighted by Gasteiger charge is -2.41. The maximum absolute atomic E-state index is 11.8. The Balaban J connectivity index is 2.36. The molecule has 1 aliphatic rings. The lowest BCUT2D eigenvalue weighted by molar-refractivity contribution is -0.135. The Morgan fingerprint density at radius 1 is 1.45 bits per heavy atom. The first-order valence-corrected chi connectivity index (χ1v) is 6.99. The fourth-order valence-electron chi connectivity index (χ4n) is 3.02. The van der Waals surface area contributed by atoms with Gasteiger partial charge in [0.1, 0.15) is 17.1 Å². The zero-order valence-corrected chi connectivity index (χ0v) is 12.4. The Hall–Kier alpha value is -1.39. The summed E-state index contributed by atoms with van der Waals surface area (Å²) in [6.07, 6.45) is 1.48. The van der Waals surface area contributed by atoms with Crippen molar-refractivity contribution in [1.82, 2.24) is 4.90 Å². The van der Waals surface area contributed by atoms with Crippen molar-refractivity contribution in [3.05, 3.63) is 29.8 Å². The van der Waals surface area contributed by atoms with Crippen LogP contribution >= 0.6 is 0 Å². The summed E-state index contributed by atoms with van der Waals surface area (Å²) in [6, 6.07) is 7.42. The summed E-state index contributed by atoms with van der Waals surface area (Å²) in [5, 5.41) is 11.1. The summed E-state index contributed by atoms with van der Waals surface area (Å²) < 4.78 is 5.23. The van der Waals surface area contributed by atoms with Crippen molar-refractivity contribution in [2.45, 2.75) is 24.9 Å². The number of methoxy groups -OCH3 is 1. The number of carbonyl (C=O) groups is 1. The zero-order valence-electron chi connectivity index (χ0n) is 12.4. The first-order chi connectivity index (χ1) is 9.45. The van der Waals surface area contributed by atoms with Gasteiger partial charge in [-0.2, -0.15) is 0 Å². The van der Waals surface area contributed by atoms with E-state index < -0.39 is 5.60 Å². The van der Waals surface area contributed by atoms with Gasteiger partial charge in [-0.3, -0.25) is 4.79 Å². The molecular weight excluding hydrogens is 254 g/mol. The first kappa shape index (κ1) is 15.0. The summed E-state index contributed by atoms with van der Waals surface area (Å²) in [5.41, 5.74) is -0.314. The molecule has 0 aliphatic heterocycles. The highest BCUT2D eigenvalue weighted by Crippen LogP contribution is 2.41. The van der Waals surface area contributed by atoms with Crippen LogP contribution in [0.5, 0.6) is 5.75 Å². The highest BCUT2D eigenvalue weighted by Gasteiger charge is 2.43.